The van der Waals surface area contributed by atoms with E-state index >= 15 is 0 Å². The molecule has 6 nitrogen and oxygen atoms in total. The van der Waals surface area contributed by atoms with Crippen molar-refractivity contribution in [3.05, 3.63) is 0 Å². The zero-order valence-corrected chi connectivity index (χ0v) is 10.2. The summed E-state index contributed by atoms with van der Waals surface area (Å²) in [5.41, 5.74) is 0. The van der Waals surface area contributed by atoms with Gasteiger partial charge in [-0.25, -0.2) is 0 Å². The largest absolute Gasteiger partial charge is 1.00 e. The molecule has 7 heteroatoms. The Morgan fingerprint density at radius 2 is 1.64 bits per heavy atom. The number of aliphatic hydroxyl groups is 3. The number of rotatable bonds is 7. The smallest absolute Gasteiger partial charge is 0.548 e. The van der Waals surface area contributed by atoms with E-state index in [4.69, 9.17) is 15.3 Å². The molecule has 14 heavy (non-hydrogen) atoms. The summed E-state index contributed by atoms with van der Waals surface area (Å²) in [5.74, 6) is -1.41. The van der Waals surface area contributed by atoms with Gasteiger partial charge < -0.3 is 25.2 Å². The molecule has 78 valence electrons. The molecule has 3 N–H and O–H groups in total. The summed E-state index contributed by atoms with van der Waals surface area (Å²) in [4.78, 5) is 11.7. The standard InChI is InChI=1S/C7H15NO5.Na/c9-3-1-8(2-4-10)6(5-11)7(12)13;/h6,9-11H,1-5H2,(H,12,13);/q;+1/p-1. The number of hydrogen-bond acceptors (Lipinski definition) is 6. The quantitative estimate of drug-likeness (QED) is 0.365. The first kappa shape index (κ1) is 16.7. The summed E-state index contributed by atoms with van der Waals surface area (Å²) in [7, 11) is 0. The van der Waals surface area contributed by atoms with E-state index in [1.165, 1.54) is 4.90 Å². The molecule has 0 fully saturated rings. The topological polar surface area (TPSA) is 104 Å². The van der Waals surface area contributed by atoms with Gasteiger partial charge in [0, 0.05) is 13.1 Å². The average molecular weight is 215 g/mol. The van der Waals surface area contributed by atoms with Crippen LogP contribution in [0.2, 0.25) is 0 Å². The number of carboxylic acids is 1. The van der Waals surface area contributed by atoms with E-state index in [9.17, 15) is 9.90 Å². The molecule has 1 atom stereocenters. The van der Waals surface area contributed by atoms with Crippen molar-refractivity contribution in [3.8, 4) is 0 Å². The van der Waals surface area contributed by atoms with Crippen molar-refractivity contribution < 1.29 is 54.8 Å². The predicted molar refractivity (Wildman–Crippen MR) is 41.6 cm³/mol. The predicted octanol–water partition coefficient (Wildman–Crippen LogP) is -6.61. The maximum Gasteiger partial charge on any atom is 1.00 e. The fourth-order valence-electron chi connectivity index (χ4n) is 1.02. The van der Waals surface area contributed by atoms with Gasteiger partial charge in [0.1, 0.15) is 0 Å². The molecule has 0 saturated carbocycles. The van der Waals surface area contributed by atoms with Crippen LogP contribution in [0.4, 0.5) is 0 Å². The second-order valence-electron chi connectivity index (χ2n) is 2.50. The minimum absolute atomic E-state index is 0. The van der Waals surface area contributed by atoms with Crippen LogP contribution in [0.1, 0.15) is 0 Å². The Hall–Kier alpha value is 0.310. The fourth-order valence-corrected chi connectivity index (χ4v) is 1.02. The molecule has 0 spiro atoms. The molecule has 0 aromatic heterocycles. The van der Waals surface area contributed by atoms with Gasteiger partial charge in [-0.3, -0.25) is 4.90 Å². The monoisotopic (exact) mass is 215 g/mol. The van der Waals surface area contributed by atoms with Crippen molar-refractivity contribution in [3.63, 3.8) is 0 Å². The zero-order chi connectivity index (χ0) is 10.3. The molecule has 0 amide bonds. The molecule has 0 aliphatic rings. The Balaban J connectivity index is 0. The van der Waals surface area contributed by atoms with Gasteiger partial charge in [-0.1, -0.05) is 0 Å². The van der Waals surface area contributed by atoms with Crippen molar-refractivity contribution in [2.24, 2.45) is 0 Å². The summed E-state index contributed by atoms with van der Waals surface area (Å²) >= 11 is 0. The fraction of sp³-hybridized carbons (Fsp3) is 0.857. The summed E-state index contributed by atoms with van der Waals surface area (Å²) < 4.78 is 0. The van der Waals surface area contributed by atoms with E-state index < -0.39 is 18.6 Å². The van der Waals surface area contributed by atoms with Crippen molar-refractivity contribution >= 4 is 5.97 Å². The molecular weight excluding hydrogens is 201 g/mol. The van der Waals surface area contributed by atoms with E-state index in [0.29, 0.717) is 0 Å². The molecule has 0 rings (SSSR count). The number of hydrogen-bond donors (Lipinski definition) is 3. The number of carbonyl (C=O) groups is 1. The van der Waals surface area contributed by atoms with Crippen molar-refractivity contribution in [1.29, 1.82) is 0 Å². The number of aliphatic hydroxyl groups excluding tert-OH is 3. The molecule has 0 aromatic rings. The first-order valence-corrected chi connectivity index (χ1v) is 3.94. The Morgan fingerprint density at radius 3 is 1.86 bits per heavy atom. The van der Waals surface area contributed by atoms with Gasteiger partial charge in [0.05, 0.1) is 31.8 Å². The number of carbonyl (C=O) groups excluding carboxylic acids is 1. The second kappa shape index (κ2) is 9.85. The second-order valence-corrected chi connectivity index (χ2v) is 2.50. The van der Waals surface area contributed by atoms with Gasteiger partial charge in [-0.15, -0.1) is 0 Å². The van der Waals surface area contributed by atoms with E-state index in [0.717, 1.165) is 0 Å². The summed E-state index contributed by atoms with van der Waals surface area (Å²) in [6, 6.07) is -1.17. The van der Waals surface area contributed by atoms with Crippen molar-refractivity contribution in [2.45, 2.75) is 6.04 Å². The van der Waals surface area contributed by atoms with Gasteiger partial charge >= 0.3 is 29.6 Å². The molecule has 0 saturated heterocycles. The normalized spacial score (nSPS) is 12.3. The zero-order valence-electron chi connectivity index (χ0n) is 8.22. The SMILES string of the molecule is O=C([O-])C(CO)N(CCO)CCO.[Na+]. The van der Waals surface area contributed by atoms with Gasteiger partial charge in [-0.05, 0) is 0 Å². The molecular formula is C7H14NNaO5. The van der Waals surface area contributed by atoms with Crippen LogP contribution in [0.15, 0.2) is 0 Å². The first-order valence-electron chi connectivity index (χ1n) is 3.94. The number of aliphatic carboxylic acids is 1. The Morgan fingerprint density at radius 1 is 1.21 bits per heavy atom. The van der Waals surface area contributed by atoms with E-state index in [1.807, 2.05) is 0 Å². The molecule has 0 aromatic carbocycles. The summed E-state index contributed by atoms with van der Waals surface area (Å²) in [6.45, 7) is -0.893. The van der Waals surface area contributed by atoms with Crippen LogP contribution in [0.5, 0.6) is 0 Å². The van der Waals surface area contributed by atoms with Crippen LogP contribution in [-0.2, 0) is 4.79 Å². The summed E-state index contributed by atoms with van der Waals surface area (Å²) in [6.07, 6.45) is 0. The molecule has 0 aliphatic heterocycles. The third-order valence-electron chi connectivity index (χ3n) is 1.66. The molecule has 0 radical (unpaired) electrons. The van der Waals surface area contributed by atoms with E-state index in [1.54, 1.807) is 0 Å². The minimum Gasteiger partial charge on any atom is -0.548 e. The Bertz CT molecular complexity index is 151. The van der Waals surface area contributed by atoms with Crippen LogP contribution >= 0.6 is 0 Å². The van der Waals surface area contributed by atoms with Crippen molar-refractivity contribution in [2.75, 3.05) is 32.9 Å². The molecule has 1 unspecified atom stereocenters. The molecule has 0 aliphatic carbocycles. The maximum absolute atomic E-state index is 10.4. The average Bonchev–Trinajstić information content (AvgIpc) is 2.05. The van der Waals surface area contributed by atoms with Gasteiger partial charge in [0.15, 0.2) is 0 Å². The van der Waals surface area contributed by atoms with Crippen LogP contribution in [-0.4, -0.2) is 65.1 Å². The van der Waals surface area contributed by atoms with Crippen molar-refractivity contribution in [1.82, 2.24) is 4.90 Å². The summed E-state index contributed by atoms with van der Waals surface area (Å²) in [5, 5.41) is 36.3. The van der Waals surface area contributed by atoms with Gasteiger partial charge in [0.2, 0.25) is 0 Å². The van der Waals surface area contributed by atoms with Gasteiger partial charge in [-0.2, -0.15) is 0 Å². The maximum atomic E-state index is 10.4. The first-order chi connectivity index (χ1) is 6.17. The van der Waals surface area contributed by atoms with E-state index in [-0.39, 0.29) is 55.9 Å². The Labute approximate surface area is 104 Å². The van der Waals surface area contributed by atoms with Crippen LogP contribution in [0, 0.1) is 0 Å². The van der Waals surface area contributed by atoms with Crippen LogP contribution < -0.4 is 34.7 Å². The van der Waals surface area contributed by atoms with E-state index in [2.05, 4.69) is 0 Å². The Kier molecular flexibility index (Phi) is 11.8. The number of carboxylic acid groups (broad SMARTS) is 1. The third-order valence-corrected chi connectivity index (χ3v) is 1.66. The third kappa shape index (κ3) is 5.92. The van der Waals surface area contributed by atoms with Crippen LogP contribution in [0.25, 0.3) is 0 Å². The van der Waals surface area contributed by atoms with Crippen LogP contribution in [0.3, 0.4) is 0 Å². The minimum atomic E-state index is -1.41. The molecule has 0 bridgehead atoms. The van der Waals surface area contributed by atoms with Gasteiger partial charge in [0.25, 0.3) is 0 Å². The number of nitrogens with zero attached hydrogens (tertiary/aromatic N) is 1. The molecule has 0 heterocycles.